The number of carbonyl (C=O) groups is 1. The number of nitrogens with zero attached hydrogens (tertiary/aromatic N) is 2. The van der Waals surface area contributed by atoms with Gasteiger partial charge in [-0.2, -0.15) is 0 Å². The smallest absolute Gasteiger partial charge is 0.251 e. The highest BCUT2D eigenvalue weighted by Crippen LogP contribution is 2.30. The Kier molecular flexibility index (Phi) is 4.14. The van der Waals surface area contributed by atoms with E-state index in [9.17, 15) is 4.79 Å². The van der Waals surface area contributed by atoms with E-state index in [1.165, 1.54) is 30.8 Å². The molecule has 3 aliphatic heterocycles. The predicted octanol–water partition coefficient (Wildman–Crippen LogP) is 3.25. The summed E-state index contributed by atoms with van der Waals surface area (Å²) in [6.07, 6.45) is 2.43. The van der Waals surface area contributed by atoms with Crippen molar-refractivity contribution >= 4 is 17.2 Å². The zero-order valence-corrected chi connectivity index (χ0v) is 15.0. The van der Waals surface area contributed by atoms with Gasteiger partial charge in [0.05, 0.1) is 15.6 Å². The van der Waals surface area contributed by atoms with Crippen molar-refractivity contribution in [1.82, 2.24) is 15.2 Å². The lowest BCUT2D eigenvalue weighted by Gasteiger charge is -2.44. The van der Waals surface area contributed by atoms with E-state index in [1.54, 1.807) is 11.3 Å². The second-order valence-corrected chi connectivity index (χ2v) is 8.15. The molecule has 1 amide bonds. The molecule has 1 aromatic carbocycles. The van der Waals surface area contributed by atoms with E-state index in [4.69, 9.17) is 0 Å². The number of hydrogen-bond donors (Lipinski definition) is 1. The summed E-state index contributed by atoms with van der Waals surface area (Å²) < 4.78 is 0. The van der Waals surface area contributed by atoms with E-state index in [2.05, 4.69) is 15.2 Å². The van der Waals surface area contributed by atoms with E-state index in [0.717, 1.165) is 28.4 Å². The van der Waals surface area contributed by atoms with Gasteiger partial charge in [-0.3, -0.25) is 4.79 Å². The molecule has 1 unspecified atom stereocenters. The van der Waals surface area contributed by atoms with E-state index in [0.29, 0.717) is 12.0 Å². The summed E-state index contributed by atoms with van der Waals surface area (Å²) in [5, 5.41) is 4.33. The van der Waals surface area contributed by atoms with E-state index >= 15 is 0 Å². The van der Waals surface area contributed by atoms with Crippen LogP contribution in [0.1, 0.15) is 33.9 Å². The number of thiazole rings is 1. The summed E-state index contributed by atoms with van der Waals surface area (Å²) >= 11 is 1.70. The Morgan fingerprint density at radius 1 is 1.21 bits per heavy atom. The molecule has 3 aliphatic rings. The van der Waals surface area contributed by atoms with Gasteiger partial charge >= 0.3 is 0 Å². The van der Waals surface area contributed by atoms with Crippen molar-refractivity contribution < 1.29 is 4.79 Å². The molecule has 4 nitrogen and oxygen atoms in total. The number of benzene rings is 1. The molecule has 5 rings (SSSR count). The third kappa shape index (κ3) is 2.98. The van der Waals surface area contributed by atoms with Gasteiger partial charge in [-0.05, 0) is 63.4 Å². The standard InChI is InChI=1S/C19H23N3OS/c1-12-18(24-13(2)20-12)15-3-5-16(6-4-15)19(23)21-17-11-22-9-7-14(17)8-10-22/h3-6,14,17H,7-11H2,1-2H3,(H,21,23). The minimum absolute atomic E-state index is 0.0532. The molecule has 1 N–H and O–H groups in total. The fourth-order valence-corrected chi connectivity index (χ4v) is 4.88. The minimum atomic E-state index is 0.0532. The monoisotopic (exact) mass is 341 g/mol. The quantitative estimate of drug-likeness (QED) is 0.932. The highest BCUT2D eigenvalue weighted by atomic mass is 32.1. The Hall–Kier alpha value is -1.72. The van der Waals surface area contributed by atoms with Gasteiger partial charge in [-0.25, -0.2) is 4.98 Å². The Morgan fingerprint density at radius 2 is 1.92 bits per heavy atom. The van der Waals surface area contributed by atoms with Crippen LogP contribution >= 0.6 is 11.3 Å². The van der Waals surface area contributed by atoms with Gasteiger partial charge in [0.15, 0.2) is 0 Å². The SMILES string of the molecule is Cc1nc(C)c(-c2ccc(C(=O)NC3CN4CCC3CC4)cc2)s1. The van der Waals surface area contributed by atoms with Crippen molar-refractivity contribution in [1.29, 1.82) is 0 Å². The molecular formula is C19H23N3OS. The number of rotatable bonds is 3. The summed E-state index contributed by atoms with van der Waals surface area (Å²) in [5.74, 6) is 0.707. The second-order valence-electron chi connectivity index (χ2n) is 6.94. The molecule has 2 bridgehead atoms. The molecule has 126 valence electrons. The fourth-order valence-electron chi connectivity index (χ4n) is 3.95. The summed E-state index contributed by atoms with van der Waals surface area (Å²) in [7, 11) is 0. The van der Waals surface area contributed by atoms with Gasteiger partial charge in [0, 0.05) is 18.2 Å². The van der Waals surface area contributed by atoms with E-state index in [1.807, 2.05) is 38.1 Å². The number of carbonyl (C=O) groups excluding carboxylic acids is 1. The zero-order chi connectivity index (χ0) is 16.7. The van der Waals surface area contributed by atoms with Crippen LogP contribution < -0.4 is 5.32 Å². The molecule has 24 heavy (non-hydrogen) atoms. The largest absolute Gasteiger partial charge is 0.348 e. The van der Waals surface area contributed by atoms with Crippen molar-refractivity contribution in [3.8, 4) is 10.4 Å². The number of piperidine rings is 3. The van der Waals surface area contributed by atoms with Gasteiger partial charge in [0.1, 0.15) is 0 Å². The van der Waals surface area contributed by atoms with Crippen LogP contribution in [0, 0.1) is 19.8 Å². The molecule has 0 spiro atoms. The van der Waals surface area contributed by atoms with Gasteiger partial charge in [-0.15, -0.1) is 11.3 Å². The zero-order valence-electron chi connectivity index (χ0n) is 14.2. The van der Waals surface area contributed by atoms with Crippen LogP contribution in [0.4, 0.5) is 0 Å². The lowest BCUT2D eigenvalue weighted by atomic mass is 9.84. The Bertz CT molecular complexity index is 744. The summed E-state index contributed by atoms with van der Waals surface area (Å²) in [5.41, 5.74) is 2.94. The van der Waals surface area contributed by atoms with Crippen LogP contribution in [0.2, 0.25) is 0 Å². The predicted molar refractivity (Wildman–Crippen MR) is 97.4 cm³/mol. The van der Waals surface area contributed by atoms with E-state index < -0.39 is 0 Å². The molecule has 0 aliphatic carbocycles. The molecular weight excluding hydrogens is 318 g/mol. The highest BCUT2D eigenvalue weighted by Gasteiger charge is 2.34. The van der Waals surface area contributed by atoms with Crippen LogP contribution in [0.15, 0.2) is 24.3 Å². The van der Waals surface area contributed by atoms with Gasteiger partial charge < -0.3 is 10.2 Å². The maximum Gasteiger partial charge on any atom is 0.251 e. The van der Waals surface area contributed by atoms with Crippen molar-refractivity contribution in [3.05, 3.63) is 40.5 Å². The molecule has 0 saturated carbocycles. The Balaban J connectivity index is 1.46. The number of aryl methyl sites for hydroxylation is 2. The first-order valence-corrected chi connectivity index (χ1v) is 9.49. The van der Waals surface area contributed by atoms with Crippen molar-refractivity contribution in [2.24, 2.45) is 5.92 Å². The molecule has 1 aromatic heterocycles. The van der Waals surface area contributed by atoms with Crippen LogP contribution in [-0.4, -0.2) is 41.5 Å². The molecule has 5 heteroatoms. The third-order valence-corrected chi connectivity index (χ3v) is 6.41. The molecule has 1 atom stereocenters. The third-order valence-electron chi connectivity index (χ3n) is 5.29. The number of amides is 1. The maximum absolute atomic E-state index is 12.6. The van der Waals surface area contributed by atoms with Crippen LogP contribution in [0.3, 0.4) is 0 Å². The van der Waals surface area contributed by atoms with Crippen molar-refractivity contribution in [3.63, 3.8) is 0 Å². The lowest BCUT2D eigenvalue weighted by Crippen LogP contribution is -2.57. The Labute approximate surface area is 146 Å². The first kappa shape index (κ1) is 15.8. The number of nitrogens with one attached hydrogen (secondary N) is 1. The minimum Gasteiger partial charge on any atom is -0.348 e. The summed E-state index contributed by atoms with van der Waals surface area (Å²) in [6, 6.07) is 8.24. The fraction of sp³-hybridized carbons (Fsp3) is 0.474. The number of hydrogen-bond acceptors (Lipinski definition) is 4. The van der Waals surface area contributed by atoms with Gasteiger partial charge in [-0.1, -0.05) is 12.1 Å². The van der Waals surface area contributed by atoms with Crippen LogP contribution in [-0.2, 0) is 0 Å². The first-order valence-electron chi connectivity index (χ1n) is 8.68. The normalized spacial score (nSPS) is 25.7. The molecule has 4 heterocycles. The molecule has 3 fully saturated rings. The van der Waals surface area contributed by atoms with Gasteiger partial charge in [0.25, 0.3) is 5.91 Å². The average molecular weight is 341 g/mol. The van der Waals surface area contributed by atoms with Crippen LogP contribution in [0.5, 0.6) is 0 Å². The molecule has 2 aromatic rings. The lowest BCUT2D eigenvalue weighted by molar-refractivity contribution is 0.0620. The van der Waals surface area contributed by atoms with Crippen molar-refractivity contribution in [2.75, 3.05) is 19.6 Å². The molecule has 0 radical (unpaired) electrons. The second kappa shape index (κ2) is 6.30. The summed E-state index contributed by atoms with van der Waals surface area (Å²) in [4.78, 5) is 20.7. The van der Waals surface area contributed by atoms with Crippen LogP contribution in [0.25, 0.3) is 10.4 Å². The molecule has 3 saturated heterocycles. The topological polar surface area (TPSA) is 45.2 Å². The summed E-state index contributed by atoms with van der Waals surface area (Å²) in [6.45, 7) is 7.45. The number of aromatic nitrogens is 1. The maximum atomic E-state index is 12.6. The average Bonchev–Trinajstić information content (AvgIpc) is 2.94. The first-order chi connectivity index (χ1) is 11.6. The number of fused-ring (bicyclic) bond motifs is 3. The highest BCUT2D eigenvalue weighted by molar-refractivity contribution is 7.15. The van der Waals surface area contributed by atoms with Gasteiger partial charge in [0.2, 0.25) is 0 Å². The Morgan fingerprint density at radius 3 is 2.46 bits per heavy atom. The van der Waals surface area contributed by atoms with Crippen molar-refractivity contribution in [2.45, 2.75) is 32.7 Å². The van der Waals surface area contributed by atoms with E-state index in [-0.39, 0.29) is 5.91 Å².